The van der Waals surface area contributed by atoms with Gasteiger partial charge in [0.2, 0.25) is 0 Å². The Morgan fingerprint density at radius 3 is 2.55 bits per heavy atom. The molecule has 2 aliphatic heterocycles. The Hall–Kier alpha value is -2.17. The lowest BCUT2D eigenvalue weighted by Gasteiger charge is -2.29. The fourth-order valence-electron chi connectivity index (χ4n) is 4.20. The van der Waals surface area contributed by atoms with Crippen LogP contribution < -0.4 is 0 Å². The van der Waals surface area contributed by atoms with Crippen molar-refractivity contribution in [2.75, 3.05) is 19.6 Å². The summed E-state index contributed by atoms with van der Waals surface area (Å²) in [6.45, 7) is 6.62. The van der Waals surface area contributed by atoms with Gasteiger partial charge >= 0.3 is 0 Å². The van der Waals surface area contributed by atoms with Crippen LogP contribution in [0.3, 0.4) is 0 Å². The number of halogens is 1. The molecule has 0 aromatic heterocycles. The molecule has 2 aliphatic rings. The maximum atomic E-state index is 13.2. The molecule has 0 radical (unpaired) electrons. The summed E-state index contributed by atoms with van der Waals surface area (Å²) in [4.78, 5) is 15.5. The summed E-state index contributed by atoms with van der Waals surface area (Å²) in [6, 6.07) is 14.0. The molecule has 0 bridgehead atoms. The second-order valence-corrected chi connectivity index (χ2v) is 8.57. The minimum absolute atomic E-state index is 0.0515. The Labute approximate surface area is 178 Å². The SMILES string of the molecule is Cc1ccc(C2=NN(C(=O)CN3CCCCC3)[C@H](c3ccccc3Cl)C2)cc1C. The second-order valence-electron chi connectivity index (χ2n) is 8.16. The number of carbonyl (C=O) groups is 1. The van der Waals surface area contributed by atoms with Gasteiger partial charge in [0.1, 0.15) is 0 Å². The lowest BCUT2D eigenvalue weighted by atomic mass is 9.96. The van der Waals surface area contributed by atoms with Crippen molar-refractivity contribution < 1.29 is 4.79 Å². The summed E-state index contributed by atoms with van der Waals surface area (Å²) < 4.78 is 0. The van der Waals surface area contributed by atoms with Gasteiger partial charge in [-0.1, -0.05) is 48.4 Å². The van der Waals surface area contributed by atoms with Gasteiger partial charge in [0.15, 0.2) is 0 Å². The summed E-state index contributed by atoms with van der Waals surface area (Å²) in [5.74, 6) is 0.0515. The average molecular weight is 410 g/mol. The van der Waals surface area contributed by atoms with Crippen molar-refractivity contribution in [3.05, 3.63) is 69.7 Å². The molecule has 1 fully saturated rings. The van der Waals surface area contributed by atoms with Crippen LogP contribution in [0.25, 0.3) is 0 Å². The van der Waals surface area contributed by atoms with Crippen molar-refractivity contribution in [3.63, 3.8) is 0 Å². The van der Waals surface area contributed by atoms with Gasteiger partial charge in [0, 0.05) is 11.4 Å². The summed E-state index contributed by atoms with van der Waals surface area (Å²) in [6.07, 6.45) is 4.26. The first-order valence-corrected chi connectivity index (χ1v) is 10.8. The van der Waals surface area contributed by atoms with Gasteiger partial charge < -0.3 is 0 Å². The Morgan fingerprint density at radius 1 is 1.07 bits per heavy atom. The molecular formula is C24H28ClN3O. The van der Waals surface area contributed by atoms with Crippen LogP contribution in [0.15, 0.2) is 47.6 Å². The van der Waals surface area contributed by atoms with E-state index in [1.54, 1.807) is 5.01 Å². The van der Waals surface area contributed by atoms with Crippen LogP contribution in [0.1, 0.15) is 54.0 Å². The van der Waals surface area contributed by atoms with Gasteiger partial charge in [0.05, 0.1) is 18.3 Å². The van der Waals surface area contributed by atoms with E-state index in [-0.39, 0.29) is 11.9 Å². The van der Waals surface area contributed by atoms with E-state index < -0.39 is 0 Å². The van der Waals surface area contributed by atoms with E-state index in [9.17, 15) is 4.79 Å². The number of piperidine rings is 1. The number of hydrazone groups is 1. The van der Waals surface area contributed by atoms with Gasteiger partial charge in [-0.05, 0) is 74.2 Å². The summed E-state index contributed by atoms with van der Waals surface area (Å²) in [5, 5.41) is 7.17. The Morgan fingerprint density at radius 2 is 1.83 bits per heavy atom. The van der Waals surface area contributed by atoms with Crippen LogP contribution in [0.2, 0.25) is 5.02 Å². The highest BCUT2D eigenvalue weighted by molar-refractivity contribution is 6.31. The Kier molecular flexibility index (Phi) is 6.02. The van der Waals surface area contributed by atoms with Crippen LogP contribution in [0.5, 0.6) is 0 Å². The number of hydrogen-bond donors (Lipinski definition) is 0. The third-order valence-corrected chi connectivity index (χ3v) is 6.42. The molecule has 4 nitrogen and oxygen atoms in total. The predicted octanol–water partition coefficient (Wildman–Crippen LogP) is 5.12. The fourth-order valence-corrected chi connectivity index (χ4v) is 4.47. The smallest absolute Gasteiger partial charge is 0.257 e. The molecule has 2 aromatic carbocycles. The molecule has 1 amide bonds. The molecule has 4 rings (SSSR count). The highest BCUT2D eigenvalue weighted by Gasteiger charge is 2.34. The third-order valence-electron chi connectivity index (χ3n) is 6.08. The summed E-state index contributed by atoms with van der Waals surface area (Å²) >= 11 is 6.51. The van der Waals surface area contributed by atoms with E-state index in [1.807, 2.05) is 24.3 Å². The number of benzene rings is 2. The van der Waals surface area contributed by atoms with E-state index in [2.05, 4.69) is 36.9 Å². The van der Waals surface area contributed by atoms with Crippen molar-refractivity contribution in [2.24, 2.45) is 5.10 Å². The van der Waals surface area contributed by atoms with Crippen molar-refractivity contribution in [3.8, 4) is 0 Å². The largest absolute Gasteiger partial charge is 0.294 e. The molecule has 2 heterocycles. The van der Waals surface area contributed by atoms with E-state index in [0.717, 1.165) is 29.9 Å². The zero-order valence-electron chi connectivity index (χ0n) is 17.2. The first-order chi connectivity index (χ1) is 14.0. The van der Waals surface area contributed by atoms with Crippen LogP contribution in [0, 0.1) is 13.8 Å². The quantitative estimate of drug-likeness (QED) is 0.702. The summed E-state index contributed by atoms with van der Waals surface area (Å²) in [7, 11) is 0. The number of hydrogen-bond acceptors (Lipinski definition) is 3. The zero-order valence-corrected chi connectivity index (χ0v) is 18.0. The topological polar surface area (TPSA) is 35.9 Å². The van der Waals surface area contributed by atoms with E-state index >= 15 is 0 Å². The molecule has 2 aromatic rings. The van der Waals surface area contributed by atoms with E-state index in [0.29, 0.717) is 18.0 Å². The minimum Gasteiger partial charge on any atom is -0.294 e. The molecule has 1 atom stereocenters. The molecule has 0 aliphatic carbocycles. The van der Waals surface area contributed by atoms with Crippen molar-refractivity contribution >= 4 is 23.2 Å². The second kappa shape index (κ2) is 8.68. The van der Waals surface area contributed by atoms with Crippen LogP contribution in [-0.4, -0.2) is 41.2 Å². The molecule has 0 N–H and O–H groups in total. The van der Waals surface area contributed by atoms with Gasteiger partial charge in [-0.3, -0.25) is 9.69 Å². The molecule has 0 spiro atoms. The normalized spacial score (nSPS) is 20.0. The maximum Gasteiger partial charge on any atom is 0.257 e. The van der Waals surface area contributed by atoms with E-state index in [4.69, 9.17) is 16.7 Å². The Bertz CT molecular complexity index is 933. The molecule has 0 unspecified atom stereocenters. The van der Waals surface area contributed by atoms with Gasteiger partial charge in [-0.2, -0.15) is 5.10 Å². The van der Waals surface area contributed by atoms with E-state index in [1.165, 1.54) is 30.4 Å². The first-order valence-electron chi connectivity index (χ1n) is 10.5. The molecule has 5 heteroatoms. The predicted molar refractivity (Wildman–Crippen MR) is 118 cm³/mol. The molecule has 0 saturated carbocycles. The van der Waals surface area contributed by atoms with Crippen molar-refractivity contribution in [1.29, 1.82) is 0 Å². The highest BCUT2D eigenvalue weighted by Crippen LogP contribution is 2.36. The first kappa shape index (κ1) is 20.1. The number of rotatable bonds is 4. The van der Waals surface area contributed by atoms with Gasteiger partial charge in [0.25, 0.3) is 5.91 Å². The van der Waals surface area contributed by atoms with Crippen molar-refractivity contribution in [2.45, 2.75) is 45.6 Å². The van der Waals surface area contributed by atoms with Gasteiger partial charge in [-0.25, -0.2) is 5.01 Å². The molecule has 1 saturated heterocycles. The maximum absolute atomic E-state index is 13.2. The minimum atomic E-state index is -0.155. The number of likely N-dealkylation sites (tertiary alicyclic amines) is 1. The number of carbonyl (C=O) groups excluding carboxylic acids is 1. The van der Waals surface area contributed by atoms with Gasteiger partial charge in [-0.15, -0.1) is 0 Å². The van der Waals surface area contributed by atoms with Crippen molar-refractivity contribution in [1.82, 2.24) is 9.91 Å². The number of amides is 1. The summed E-state index contributed by atoms with van der Waals surface area (Å²) in [5.41, 5.74) is 5.48. The molecule has 152 valence electrons. The standard InChI is InChI=1S/C24H28ClN3O/c1-17-10-11-19(14-18(17)2)22-15-23(20-8-4-5-9-21(20)25)28(26-22)24(29)16-27-12-6-3-7-13-27/h4-5,8-11,14,23H,3,6-7,12-13,15-16H2,1-2H3/t23-/m0/s1. The highest BCUT2D eigenvalue weighted by atomic mass is 35.5. The number of aryl methyl sites for hydroxylation is 2. The van der Waals surface area contributed by atoms with Crippen LogP contribution in [0.4, 0.5) is 0 Å². The van der Waals surface area contributed by atoms with Crippen LogP contribution in [-0.2, 0) is 4.79 Å². The number of nitrogens with zero attached hydrogens (tertiary/aromatic N) is 3. The van der Waals surface area contributed by atoms with Crippen LogP contribution >= 0.6 is 11.6 Å². The molecule has 29 heavy (non-hydrogen) atoms. The molecular weight excluding hydrogens is 382 g/mol. The zero-order chi connectivity index (χ0) is 20.4. The lowest BCUT2D eigenvalue weighted by molar-refractivity contribution is -0.134. The Balaban J connectivity index is 1.64. The fraction of sp³-hybridized carbons (Fsp3) is 0.417. The third kappa shape index (κ3) is 4.39. The lowest BCUT2D eigenvalue weighted by Crippen LogP contribution is -2.40. The monoisotopic (exact) mass is 409 g/mol. The average Bonchev–Trinajstić information content (AvgIpc) is 3.16.